The summed E-state index contributed by atoms with van der Waals surface area (Å²) in [7, 11) is 0. The minimum atomic E-state index is -0.200. The van der Waals surface area contributed by atoms with Gasteiger partial charge in [-0.25, -0.2) is 0 Å². The molecule has 2 aliphatic rings. The molecule has 0 radical (unpaired) electrons. The summed E-state index contributed by atoms with van der Waals surface area (Å²) in [5, 5.41) is 4.42. The Morgan fingerprint density at radius 3 is 2.70 bits per heavy atom. The van der Waals surface area contributed by atoms with Crippen molar-refractivity contribution >= 4 is 11.8 Å². The van der Waals surface area contributed by atoms with Gasteiger partial charge >= 0.3 is 0 Å². The molecule has 2 amide bonds. The molecule has 0 spiro atoms. The summed E-state index contributed by atoms with van der Waals surface area (Å²) < 4.78 is 17.8. The van der Waals surface area contributed by atoms with Crippen LogP contribution in [0.1, 0.15) is 33.7 Å². The fourth-order valence-corrected chi connectivity index (χ4v) is 3.28. The van der Waals surface area contributed by atoms with Gasteiger partial charge in [0.05, 0.1) is 38.6 Å². The molecule has 27 heavy (non-hydrogen) atoms. The van der Waals surface area contributed by atoms with Gasteiger partial charge in [0, 0.05) is 25.7 Å². The third-order valence-electron chi connectivity index (χ3n) is 4.68. The third-order valence-corrected chi connectivity index (χ3v) is 4.68. The van der Waals surface area contributed by atoms with Gasteiger partial charge in [0.1, 0.15) is 0 Å². The number of fused-ring (bicyclic) bond motifs is 1. The topological polar surface area (TPSA) is 90.0 Å². The molecule has 4 rings (SSSR count). The van der Waals surface area contributed by atoms with Gasteiger partial charge in [-0.15, -0.1) is 0 Å². The van der Waals surface area contributed by atoms with E-state index in [0.29, 0.717) is 64.2 Å². The number of furan rings is 1. The van der Waals surface area contributed by atoms with E-state index in [9.17, 15) is 9.59 Å². The Bertz CT molecular complexity index is 837. The Labute approximate surface area is 156 Å². The maximum absolute atomic E-state index is 12.7. The number of ether oxygens (including phenoxy) is 2. The zero-order chi connectivity index (χ0) is 18.8. The van der Waals surface area contributed by atoms with Gasteiger partial charge in [-0.05, 0) is 19.1 Å². The Morgan fingerprint density at radius 2 is 1.93 bits per heavy atom. The Hall–Kier alpha value is -2.81. The molecule has 2 aromatic rings. The van der Waals surface area contributed by atoms with E-state index >= 15 is 0 Å². The molecule has 0 atom stereocenters. The van der Waals surface area contributed by atoms with Gasteiger partial charge in [-0.3, -0.25) is 14.3 Å². The van der Waals surface area contributed by atoms with Crippen molar-refractivity contribution in [2.45, 2.75) is 20.0 Å². The molecule has 0 N–H and O–H groups in total. The number of carbonyl (C=O) groups is 2. The van der Waals surface area contributed by atoms with Gasteiger partial charge in [0.2, 0.25) is 0 Å². The van der Waals surface area contributed by atoms with E-state index in [4.69, 9.17) is 13.9 Å². The fourth-order valence-electron chi connectivity index (χ4n) is 3.28. The lowest BCUT2D eigenvalue weighted by atomic mass is 10.2. The van der Waals surface area contributed by atoms with Crippen molar-refractivity contribution in [2.75, 3.05) is 39.5 Å². The highest BCUT2D eigenvalue weighted by molar-refractivity contribution is 5.93. The first kappa shape index (κ1) is 17.6. The monoisotopic (exact) mass is 374 g/mol. The first-order valence-corrected chi connectivity index (χ1v) is 9.11. The van der Waals surface area contributed by atoms with Crippen LogP contribution in [-0.2, 0) is 17.8 Å². The molecule has 2 aromatic heterocycles. The van der Waals surface area contributed by atoms with Crippen molar-refractivity contribution in [1.29, 1.82) is 0 Å². The number of morpholine rings is 1. The van der Waals surface area contributed by atoms with Gasteiger partial charge in [0.25, 0.3) is 17.8 Å². The predicted octanol–water partition coefficient (Wildman–Crippen LogP) is 1.00. The van der Waals surface area contributed by atoms with Gasteiger partial charge < -0.3 is 23.7 Å². The lowest BCUT2D eigenvalue weighted by Crippen LogP contribution is -2.41. The minimum Gasteiger partial charge on any atom is -0.465 e. The highest BCUT2D eigenvalue weighted by Crippen LogP contribution is 2.21. The van der Waals surface area contributed by atoms with Crippen LogP contribution in [0.15, 0.2) is 22.6 Å². The van der Waals surface area contributed by atoms with E-state index in [2.05, 4.69) is 5.10 Å². The van der Waals surface area contributed by atoms with Crippen LogP contribution in [0.4, 0.5) is 0 Å². The van der Waals surface area contributed by atoms with Crippen LogP contribution in [0.2, 0.25) is 0 Å². The molecule has 0 aliphatic carbocycles. The highest BCUT2D eigenvalue weighted by atomic mass is 16.6. The number of rotatable bonds is 4. The number of nitrogens with zero attached hydrogens (tertiary/aromatic N) is 4. The molecule has 4 heterocycles. The Morgan fingerprint density at radius 1 is 1.11 bits per heavy atom. The Balaban J connectivity index is 1.45. The number of hydrogen-bond acceptors (Lipinski definition) is 6. The molecule has 9 nitrogen and oxygen atoms in total. The van der Waals surface area contributed by atoms with Gasteiger partial charge in [-0.2, -0.15) is 5.10 Å². The van der Waals surface area contributed by atoms with Crippen molar-refractivity contribution < 1.29 is 23.5 Å². The van der Waals surface area contributed by atoms with Crippen LogP contribution in [0, 0.1) is 0 Å². The van der Waals surface area contributed by atoms with E-state index in [1.807, 2.05) is 6.92 Å². The summed E-state index contributed by atoms with van der Waals surface area (Å²) >= 11 is 0. The van der Waals surface area contributed by atoms with Gasteiger partial charge in [-0.1, -0.05) is 0 Å². The van der Waals surface area contributed by atoms with Crippen LogP contribution in [0.3, 0.4) is 0 Å². The first-order valence-electron chi connectivity index (χ1n) is 9.11. The van der Waals surface area contributed by atoms with Crippen molar-refractivity contribution in [3.05, 3.63) is 35.3 Å². The van der Waals surface area contributed by atoms with Crippen LogP contribution in [-0.4, -0.2) is 70.8 Å². The molecular weight excluding hydrogens is 352 g/mol. The van der Waals surface area contributed by atoms with Gasteiger partial charge in [0.15, 0.2) is 11.5 Å². The molecule has 0 bridgehead atoms. The second kappa shape index (κ2) is 7.43. The summed E-state index contributed by atoms with van der Waals surface area (Å²) in [6.45, 7) is 6.00. The second-order valence-corrected chi connectivity index (χ2v) is 6.43. The van der Waals surface area contributed by atoms with Crippen LogP contribution < -0.4 is 4.74 Å². The molecule has 2 aliphatic heterocycles. The predicted molar refractivity (Wildman–Crippen MR) is 93.6 cm³/mol. The average Bonchev–Trinajstić information content (AvgIpc) is 3.34. The summed E-state index contributed by atoms with van der Waals surface area (Å²) in [6.07, 6.45) is 0. The second-order valence-electron chi connectivity index (χ2n) is 6.43. The van der Waals surface area contributed by atoms with Crippen molar-refractivity contribution in [2.24, 2.45) is 0 Å². The standard InChI is InChI=1S/C18H22N4O5/c1-2-26-16-4-3-15(27-16)18(24)21-5-6-22-13(12-21)11-14(19-22)17(23)20-7-9-25-10-8-20/h3-4,11H,2,5-10,12H2,1H3. The van der Waals surface area contributed by atoms with E-state index < -0.39 is 0 Å². The normalized spacial score (nSPS) is 16.9. The molecule has 0 unspecified atom stereocenters. The molecule has 9 heteroatoms. The smallest absolute Gasteiger partial charge is 0.290 e. The fraction of sp³-hybridized carbons (Fsp3) is 0.500. The zero-order valence-corrected chi connectivity index (χ0v) is 15.2. The molecule has 0 aromatic carbocycles. The van der Waals surface area contributed by atoms with Crippen molar-refractivity contribution in [3.8, 4) is 5.95 Å². The summed E-state index contributed by atoms with van der Waals surface area (Å²) in [5.74, 6) is 0.289. The maximum Gasteiger partial charge on any atom is 0.290 e. The summed E-state index contributed by atoms with van der Waals surface area (Å²) in [5.41, 5.74) is 1.25. The third kappa shape index (κ3) is 3.55. The average molecular weight is 374 g/mol. The number of aromatic nitrogens is 2. The summed E-state index contributed by atoms with van der Waals surface area (Å²) in [6, 6.07) is 5.03. The van der Waals surface area contributed by atoms with E-state index in [1.165, 1.54) is 0 Å². The van der Waals surface area contributed by atoms with Crippen LogP contribution in [0.25, 0.3) is 0 Å². The van der Waals surface area contributed by atoms with Crippen LogP contribution in [0.5, 0.6) is 5.95 Å². The number of hydrogen-bond donors (Lipinski definition) is 0. The number of carbonyl (C=O) groups excluding carboxylic acids is 2. The van der Waals surface area contributed by atoms with E-state index in [0.717, 1.165) is 5.69 Å². The minimum absolute atomic E-state index is 0.0922. The number of amides is 2. The molecular formula is C18H22N4O5. The quantitative estimate of drug-likeness (QED) is 0.793. The zero-order valence-electron chi connectivity index (χ0n) is 15.2. The maximum atomic E-state index is 12.7. The summed E-state index contributed by atoms with van der Waals surface area (Å²) in [4.78, 5) is 28.7. The largest absolute Gasteiger partial charge is 0.465 e. The SMILES string of the molecule is CCOc1ccc(C(=O)N2CCn3nc(C(=O)N4CCOCC4)cc3C2)o1. The molecule has 1 saturated heterocycles. The lowest BCUT2D eigenvalue weighted by molar-refractivity contribution is 0.0298. The lowest BCUT2D eigenvalue weighted by Gasteiger charge is -2.26. The highest BCUT2D eigenvalue weighted by Gasteiger charge is 2.28. The molecule has 1 fully saturated rings. The first-order chi connectivity index (χ1) is 13.2. The van der Waals surface area contributed by atoms with E-state index in [1.54, 1.807) is 32.7 Å². The van der Waals surface area contributed by atoms with E-state index in [-0.39, 0.29) is 17.6 Å². The van der Waals surface area contributed by atoms with Crippen LogP contribution >= 0.6 is 0 Å². The Kier molecular flexibility index (Phi) is 4.85. The molecule has 0 saturated carbocycles. The molecule has 144 valence electrons. The van der Waals surface area contributed by atoms with Crippen molar-refractivity contribution in [1.82, 2.24) is 19.6 Å². The van der Waals surface area contributed by atoms with Crippen molar-refractivity contribution in [3.63, 3.8) is 0 Å².